The molecule has 1 aromatic rings. The van der Waals surface area contributed by atoms with Gasteiger partial charge < -0.3 is 10.6 Å². The van der Waals surface area contributed by atoms with Gasteiger partial charge in [0.2, 0.25) is 10.0 Å². The molecule has 0 fully saturated rings. The molecular weight excluding hydrogens is 403 g/mol. The lowest BCUT2D eigenvalue weighted by atomic mass is 10.1. The standard InChI is InChI=1S/C13H22N4O2S.HI/c1-3-15-13(16-9-10-20(14,18)19)17-11(2)12-7-5-4-6-8-12;/h4-8,11H,3,9-10H2,1-2H3,(H2,14,18,19)(H2,15,16,17);1H. The molecule has 0 aliphatic carbocycles. The summed E-state index contributed by atoms with van der Waals surface area (Å²) in [4.78, 5) is 4.20. The zero-order valence-corrected chi connectivity index (χ0v) is 15.4. The van der Waals surface area contributed by atoms with Crippen LogP contribution in [0.1, 0.15) is 25.5 Å². The normalized spacial score (nSPS) is 13.2. The van der Waals surface area contributed by atoms with Crippen molar-refractivity contribution < 1.29 is 8.42 Å². The van der Waals surface area contributed by atoms with E-state index in [0.29, 0.717) is 12.5 Å². The molecule has 0 bridgehead atoms. The summed E-state index contributed by atoms with van der Waals surface area (Å²) in [6.45, 7) is 4.80. The van der Waals surface area contributed by atoms with E-state index in [0.717, 1.165) is 5.56 Å². The summed E-state index contributed by atoms with van der Waals surface area (Å²) in [5, 5.41) is 11.2. The van der Waals surface area contributed by atoms with Gasteiger partial charge in [-0.2, -0.15) is 0 Å². The minimum atomic E-state index is -3.48. The van der Waals surface area contributed by atoms with E-state index >= 15 is 0 Å². The average molecular weight is 426 g/mol. The molecule has 21 heavy (non-hydrogen) atoms. The number of nitrogens with one attached hydrogen (secondary N) is 2. The van der Waals surface area contributed by atoms with E-state index in [1.165, 1.54) is 0 Å². The number of primary sulfonamides is 1. The van der Waals surface area contributed by atoms with Gasteiger partial charge in [-0.3, -0.25) is 4.99 Å². The maximum atomic E-state index is 10.9. The summed E-state index contributed by atoms with van der Waals surface area (Å²) < 4.78 is 21.8. The van der Waals surface area contributed by atoms with Crippen molar-refractivity contribution in [3.63, 3.8) is 0 Å². The molecule has 0 saturated heterocycles. The van der Waals surface area contributed by atoms with Gasteiger partial charge in [-0.1, -0.05) is 30.3 Å². The van der Waals surface area contributed by atoms with Crippen molar-refractivity contribution in [3.8, 4) is 0 Å². The van der Waals surface area contributed by atoms with E-state index in [2.05, 4.69) is 15.6 Å². The van der Waals surface area contributed by atoms with Crippen LogP contribution < -0.4 is 15.8 Å². The Bertz CT molecular complexity index is 534. The molecule has 1 rings (SSSR count). The number of aliphatic imine (C=N–C) groups is 1. The zero-order chi connectivity index (χ0) is 15.0. The summed E-state index contributed by atoms with van der Waals surface area (Å²) in [6.07, 6.45) is 0. The van der Waals surface area contributed by atoms with Crippen LogP contribution >= 0.6 is 24.0 Å². The largest absolute Gasteiger partial charge is 0.357 e. The third-order valence-corrected chi connectivity index (χ3v) is 3.39. The number of guanidine groups is 1. The number of sulfonamides is 1. The molecule has 0 spiro atoms. The molecule has 4 N–H and O–H groups in total. The second kappa shape index (κ2) is 9.96. The molecule has 1 aromatic carbocycles. The molecule has 0 heterocycles. The smallest absolute Gasteiger partial charge is 0.210 e. The Morgan fingerprint density at radius 1 is 1.33 bits per heavy atom. The highest BCUT2D eigenvalue weighted by atomic mass is 127. The van der Waals surface area contributed by atoms with Crippen molar-refractivity contribution in [2.75, 3.05) is 18.8 Å². The fourth-order valence-corrected chi connectivity index (χ4v) is 1.98. The molecule has 120 valence electrons. The first-order valence-corrected chi connectivity index (χ1v) is 8.24. The van der Waals surface area contributed by atoms with E-state index in [4.69, 9.17) is 5.14 Å². The Morgan fingerprint density at radius 2 is 1.95 bits per heavy atom. The van der Waals surface area contributed by atoms with Crippen LogP contribution in [0.15, 0.2) is 35.3 Å². The van der Waals surface area contributed by atoms with Crippen molar-refractivity contribution in [2.45, 2.75) is 19.9 Å². The number of hydrogen-bond acceptors (Lipinski definition) is 3. The maximum absolute atomic E-state index is 10.9. The van der Waals surface area contributed by atoms with Crippen molar-refractivity contribution >= 4 is 40.0 Å². The van der Waals surface area contributed by atoms with Crippen LogP contribution in [-0.4, -0.2) is 33.2 Å². The highest BCUT2D eigenvalue weighted by Gasteiger charge is 2.07. The molecular formula is C13H23IN4O2S. The second-order valence-corrected chi connectivity index (χ2v) is 6.14. The van der Waals surface area contributed by atoms with Crippen LogP contribution in [0.2, 0.25) is 0 Å². The van der Waals surface area contributed by atoms with Gasteiger partial charge in [-0.25, -0.2) is 13.6 Å². The highest BCUT2D eigenvalue weighted by molar-refractivity contribution is 14.0. The Balaban J connectivity index is 0.00000400. The van der Waals surface area contributed by atoms with E-state index in [1.54, 1.807) is 0 Å². The van der Waals surface area contributed by atoms with Crippen LogP contribution in [0.25, 0.3) is 0 Å². The molecule has 1 atom stereocenters. The van der Waals surface area contributed by atoms with Crippen molar-refractivity contribution in [3.05, 3.63) is 35.9 Å². The van der Waals surface area contributed by atoms with E-state index in [-0.39, 0.29) is 42.3 Å². The molecule has 0 aliphatic rings. The number of halogens is 1. The topological polar surface area (TPSA) is 96.6 Å². The zero-order valence-electron chi connectivity index (χ0n) is 12.2. The Labute approximate surface area is 143 Å². The first-order valence-electron chi connectivity index (χ1n) is 6.52. The highest BCUT2D eigenvalue weighted by Crippen LogP contribution is 2.10. The molecule has 8 heteroatoms. The number of nitrogens with two attached hydrogens (primary N) is 1. The maximum Gasteiger partial charge on any atom is 0.210 e. The van der Waals surface area contributed by atoms with Gasteiger partial charge in [0.25, 0.3) is 0 Å². The van der Waals surface area contributed by atoms with Gasteiger partial charge in [-0.15, -0.1) is 24.0 Å². The number of hydrogen-bond donors (Lipinski definition) is 3. The first-order chi connectivity index (χ1) is 9.42. The number of benzene rings is 1. The molecule has 0 amide bonds. The van der Waals surface area contributed by atoms with Crippen LogP contribution in [0.3, 0.4) is 0 Å². The van der Waals surface area contributed by atoms with Crippen LogP contribution in [0, 0.1) is 0 Å². The fourth-order valence-electron chi connectivity index (χ4n) is 1.63. The van der Waals surface area contributed by atoms with Crippen LogP contribution in [0.4, 0.5) is 0 Å². The van der Waals surface area contributed by atoms with Crippen molar-refractivity contribution in [1.29, 1.82) is 0 Å². The van der Waals surface area contributed by atoms with Crippen molar-refractivity contribution in [1.82, 2.24) is 10.6 Å². The number of rotatable bonds is 6. The molecule has 0 aliphatic heterocycles. The van der Waals surface area contributed by atoms with Crippen molar-refractivity contribution in [2.24, 2.45) is 10.1 Å². The van der Waals surface area contributed by atoms with Gasteiger partial charge >= 0.3 is 0 Å². The predicted molar refractivity (Wildman–Crippen MR) is 97.4 cm³/mol. The van der Waals surface area contributed by atoms with Gasteiger partial charge in [-0.05, 0) is 19.4 Å². The first kappa shape index (κ1) is 20.1. The third-order valence-electron chi connectivity index (χ3n) is 2.64. The SMILES string of the molecule is CCNC(=NCCS(N)(=O)=O)NC(C)c1ccccc1.I. The van der Waals surface area contributed by atoms with E-state index in [1.807, 2.05) is 44.2 Å². The lowest BCUT2D eigenvalue weighted by molar-refractivity contribution is 0.597. The fraction of sp³-hybridized carbons (Fsp3) is 0.462. The second-order valence-electron chi connectivity index (χ2n) is 4.40. The number of nitrogens with zero attached hydrogens (tertiary/aromatic N) is 1. The molecule has 1 unspecified atom stereocenters. The van der Waals surface area contributed by atoms with Gasteiger partial charge in [0.05, 0.1) is 18.3 Å². The predicted octanol–water partition coefficient (Wildman–Crippen LogP) is 1.21. The quantitative estimate of drug-likeness (QED) is 0.362. The van der Waals surface area contributed by atoms with E-state index in [9.17, 15) is 8.42 Å². The van der Waals surface area contributed by atoms with Gasteiger partial charge in [0.1, 0.15) is 0 Å². The molecule has 0 radical (unpaired) electrons. The third kappa shape index (κ3) is 8.89. The van der Waals surface area contributed by atoms with Crippen LogP contribution in [0.5, 0.6) is 0 Å². The summed E-state index contributed by atoms with van der Waals surface area (Å²) in [7, 11) is -3.48. The Morgan fingerprint density at radius 3 is 2.48 bits per heavy atom. The van der Waals surface area contributed by atoms with Crippen LogP contribution in [-0.2, 0) is 10.0 Å². The minimum absolute atomic E-state index is 0. The molecule has 6 nitrogen and oxygen atoms in total. The van der Waals surface area contributed by atoms with Gasteiger partial charge in [0, 0.05) is 6.54 Å². The Kier molecular flexibility index (Phi) is 9.54. The summed E-state index contributed by atoms with van der Waals surface area (Å²) in [5.41, 5.74) is 1.13. The molecule has 0 saturated carbocycles. The Hall–Kier alpha value is -0.870. The average Bonchev–Trinajstić information content (AvgIpc) is 2.38. The lowest BCUT2D eigenvalue weighted by Gasteiger charge is -2.18. The summed E-state index contributed by atoms with van der Waals surface area (Å²) in [6, 6.07) is 10.0. The summed E-state index contributed by atoms with van der Waals surface area (Å²) >= 11 is 0. The van der Waals surface area contributed by atoms with Gasteiger partial charge in [0.15, 0.2) is 5.96 Å². The van der Waals surface area contributed by atoms with E-state index < -0.39 is 10.0 Å². The monoisotopic (exact) mass is 426 g/mol. The minimum Gasteiger partial charge on any atom is -0.357 e. The summed E-state index contributed by atoms with van der Waals surface area (Å²) in [5.74, 6) is 0.413. The molecule has 0 aromatic heterocycles. The lowest BCUT2D eigenvalue weighted by Crippen LogP contribution is -2.39.